The van der Waals surface area contributed by atoms with E-state index in [9.17, 15) is 14.0 Å². The van der Waals surface area contributed by atoms with Gasteiger partial charge in [0, 0.05) is 18.7 Å². The molecular weight excluding hydrogens is 320 g/mol. The van der Waals surface area contributed by atoms with Gasteiger partial charge in [-0.1, -0.05) is 23.2 Å². The van der Waals surface area contributed by atoms with E-state index in [2.05, 4.69) is 5.32 Å². The van der Waals surface area contributed by atoms with E-state index < -0.39 is 5.82 Å². The van der Waals surface area contributed by atoms with Crippen LogP contribution in [0.4, 0.5) is 9.18 Å². The number of quaternary nitrogens is 1. The minimum atomic E-state index is -0.554. The lowest BCUT2D eigenvalue weighted by Crippen LogP contribution is -2.87. The van der Waals surface area contributed by atoms with Crippen LogP contribution in [0.3, 0.4) is 0 Å². The van der Waals surface area contributed by atoms with Gasteiger partial charge >= 0.3 is 6.03 Å². The summed E-state index contributed by atoms with van der Waals surface area (Å²) in [6, 6.07) is 1.99. The smallest absolute Gasteiger partial charge is 0.324 e. The number of benzene rings is 1. The highest BCUT2D eigenvalue weighted by molar-refractivity contribution is 6.35. The molecule has 1 saturated heterocycles. The molecular formula is C13H15Cl2FN3O2+. The first-order valence-electron chi connectivity index (χ1n) is 6.46. The number of imide groups is 1. The van der Waals surface area contributed by atoms with Crippen molar-refractivity contribution in [3.8, 4) is 0 Å². The highest BCUT2D eigenvalue weighted by Crippen LogP contribution is 2.27. The third-order valence-electron chi connectivity index (χ3n) is 3.33. The molecule has 0 bridgehead atoms. The summed E-state index contributed by atoms with van der Waals surface area (Å²) in [4.78, 5) is 24.4. The molecule has 1 aromatic rings. The van der Waals surface area contributed by atoms with Crippen LogP contribution in [0.25, 0.3) is 0 Å². The van der Waals surface area contributed by atoms with Crippen molar-refractivity contribution in [2.45, 2.75) is 13.0 Å². The SMILES string of the molecule is C[C@H]([NH2+]CC(=O)N1CCNC1=O)c1cc(F)c(Cl)cc1Cl. The number of halogens is 3. The van der Waals surface area contributed by atoms with Crippen molar-refractivity contribution in [2.75, 3.05) is 19.6 Å². The van der Waals surface area contributed by atoms with E-state index in [1.807, 2.05) is 0 Å². The predicted molar refractivity (Wildman–Crippen MR) is 76.7 cm³/mol. The Hall–Kier alpha value is -1.37. The summed E-state index contributed by atoms with van der Waals surface area (Å²) in [5.74, 6) is -0.844. The number of carbonyl (C=O) groups excluding carboxylic acids is 2. The van der Waals surface area contributed by atoms with Gasteiger partial charge in [-0.05, 0) is 19.1 Å². The van der Waals surface area contributed by atoms with Crippen molar-refractivity contribution in [1.29, 1.82) is 0 Å². The normalized spacial score (nSPS) is 16.0. The zero-order chi connectivity index (χ0) is 15.6. The average molecular weight is 335 g/mol. The first-order valence-corrected chi connectivity index (χ1v) is 7.21. The molecule has 0 aromatic heterocycles. The van der Waals surface area contributed by atoms with Crippen LogP contribution in [0.2, 0.25) is 10.0 Å². The third kappa shape index (κ3) is 3.64. The molecule has 1 heterocycles. The molecule has 21 heavy (non-hydrogen) atoms. The second-order valence-electron chi connectivity index (χ2n) is 4.79. The fraction of sp³-hybridized carbons (Fsp3) is 0.385. The Morgan fingerprint density at radius 3 is 2.81 bits per heavy atom. The summed E-state index contributed by atoms with van der Waals surface area (Å²) in [7, 11) is 0. The van der Waals surface area contributed by atoms with Crippen LogP contribution < -0.4 is 10.6 Å². The van der Waals surface area contributed by atoms with Gasteiger partial charge in [0.2, 0.25) is 0 Å². The number of nitrogens with two attached hydrogens (primary N) is 1. The second kappa shape index (κ2) is 6.60. The summed E-state index contributed by atoms with van der Waals surface area (Å²) >= 11 is 11.7. The van der Waals surface area contributed by atoms with Crippen LogP contribution in [0, 0.1) is 5.82 Å². The lowest BCUT2D eigenvalue weighted by atomic mass is 10.1. The van der Waals surface area contributed by atoms with E-state index in [0.29, 0.717) is 23.7 Å². The molecule has 3 amide bonds. The van der Waals surface area contributed by atoms with Crippen molar-refractivity contribution in [3.63, 3.8) is 0 Å². The largest absolute Gasteiger partial charge is 0.336 e. The number of nitrogens with zero attached hydrogens (tertiary/aromatic N) is 1. The van der Waals surface area contributed by atoms with Gasteiger partial charge in [0.15, 0.2) is 6.54 Å². The van der Waals surface area contributed by atoms with E-state index in [4.69, 9.17) is 23.2 Å². The molecule has 0 radical (unpaired) electrons. The third-order valence-corrected chi connectivity index (χ3v) is 3.95. The zero-order valence-electron chi connectivity index (χ0n) is 11.3. The summed E-state index contributed by atoms with van der Waals surface area (Å²) in [6.45, 7) is 2.71. The highest BCUT2D eigenvalue weighted by atomic mass is 35.5. The number of hydrogen-bond donors (Lipinski definition) is 2. The first kappa shape index (κ1) is 16.0. The maximum atomic E-state index is 13.5. The Morgan fingerprint density at radius 1 is 1.48 bits per heavy atom. The molecule has 1 atom stereocenters. The molecule has 1 aliphatic rings. The number of nitrogens with one attached hydrogen (secondary N) is 1. The molecule has 114 valence electrons. The zero-order valence-corrected chi connectivity index (χ0v) is 12.8. The van der Waals surface area contributed by atoms with Gasteiger partial charge in [-0.15, -0.1) is 0 Å². The molecule has 1 aliphatic heterocycles. The number of urea groups is 1. The molecule has 0 spiro atoms. The van der Waals surface area contributed by atoms with Crippen molar-refractivity contribution >= 4 is 35.1 Å². The first-order chi connectivity index (χ1) is 9.90. The Bertz CT molecular complexity index is 583. The van der Waals surface area contributed by atoms with Gasteiger partial charge in [-0.25, -0.2) is 9.18 Å². The number of amides is 3. The van der Waals surface area contributed by atoms with E-state index in [0.717, 1.165) is 4.90 Å². The summed E-state index contributed by atoms with van der Waals surface area (Å²) in [5, 5.41) is 4.56. The Kier molecular flexibility index (Phi) is 5.03. The van der Waals surface area contributed by atoms with Crippen molar-refractivity contribution < 1.29 is 19.3 Å². The number of hydrogen-bond acceptors (Lipinski definition) is 2. The van der Waals surface area contributed by atoms with Crippen LogP contribution in [0.5, 0.6) is 0 Å². The average Bonchev–Trinajstić information content (AvgIpc) is 2.86. The summed E-state index contributed by atoms with van der Waals surface area (Å²) in [5.41, 5.74) is 0.553. The topological polar surface area (TPSA) is 66.0 Å². The molecule has 8 heteroatoms. The van der Waals surface area contributed by atoms with Crippen LogP contribution >= 0.6 is 23.2 Å². The van der Waals surface area contributed by atoms with E-state index >= 15 is 0 Å². The maximum absolute atomic E-state index is 13.5. The minimum absolute atomic E-state index is 0.0410. The lowest BCUT2D eigenvalue weighted by Gasteiger charge is -2.15. The van der Waals surface area contributed by atoms with E-state index in [-0.39, 0.29) is 29.5 Å². The number of carbonyl (C=O) groups is 2. The van der Waals surface area contributed by atoms with E-state index in [1.165, 1.54) is 12.1 Å². The Balaban J connectivity index is 1.98. The molecule has 0 unspecified atom stereocenters. The lowest BCUT2D eigenvalue weighted by molar-refractivity contribution is -0.683. The second-order valence-corrected chi connectivity index (χ2v) is 5.61. The van der Waals surface area contributed by atoms with Gasteiger partial charge in [0.05, 0.1) is 10.0 Å². The highest BCUT2D eigenvalue weighted by Gasteiger charge is 2.27. The summed E-state index contributed by atoms with van der Waals surface area (Å²) < 4.78 is 13.5. The Morgan fingerprint density at radius 2 is 2.19 bits per heavy atom. The van der Waals surface area contributed by atoms with Gasteiger partial charge in [0.1, 0.15) is 11.9 Å². The van der Waals surface area contributed by atoms with Gasteiger partial charge in [-0.3, -0.25) is 9.69 Å². The van der Waals surface area contributed by atoms with Crippen molar-refractivity contribution in [1.82, 2.24) is 10.2 Å². The van der Waals surface area contributed by atoms with Crippen LogP contribution in [0.15, 0.2) is 12.1 Å². The molecule has 5 nitrogen and oxygen atoms in total. The molecule has 1 aromatic carbocycles. The monoisotopic (exact) mass is 334 g/mol. The minimum Gasteiger partial charge on any atom is -0.336 e. The molecule has 0 saturated carbocycles. The van der Waals surface area contributed by atoms with Gasteiger partial charge < -0.3 is 10.6 Å². The van der Waals surface area contributed by atoms with Crippen LogP contribution in [-0.4, -0.2) is 36.5 Å². The van der Waals surface area contributed by atoms with Crippen LogP contribution in [0.1, 0.15) is 18.5 Å². The molecule has 0 aliphatic carbocycles. The fourth-order valence-electron chi connectivity index (χ4n) is 2.11. The standard InChI is InChI=1S/C13H14Cl2FN3O2/c1-7(8-4-11(16)10(15)5-9(8)14)18-6-12(20)19-3-2-17-13(19)21/h4-5,7,18H,2-3,6H2,1H3,(H,17,21)/p+1/t7-/m0/s1. The fourth-order valence-corrected chi connectivity index (χ4v) is 2.67. The van der Waals surface area contributed by atoms with Crippen LogP contribution in [-0.2, 0) is 4.79 Å². The Labute approximate surface area is 131 Å². The van der Waals surface area contributed by atoms with Crippen molar-refractivity contribution in [3.05, 3.63) is 33.6 Å². The number of rotatable bonds is 4. The van der Waals surface area contributed by atoms with Crippen molar-refractivity contribution in [2.24, 2.45) is 0 Å². The predicted octanol–water partition coefficient (Wildman–Crippen LogP) is 1.31. The molecule has 1 fully saturated rings. The van der Waals surface area contributed by atoms with Gasteiger partial charge in [-0.2, -0.15) is 0 Å². The maximum Gasteiger partial charge on any atom is 0.324 e. The van der Waals surface area contributed by atoms with E-state index in [1.54, 1.807) is 12.2 Å². The van der Waals surface area contributed by atoms with Gasteiger partial charge in [0.25, 0.3) is 5.91 Å². The molecule has 2 rings (SSSR count). The summed E-state index contributed by atoms with van der Waals surface area (Å²) in [6.07, 6.45) is 0. The quantitative estimate of drug-likeness (QED) is 0.815. The molecule has 3 N–H and O–H groups in total.